The zero-order chi connectivity index (χ0) is 8.27. The van der Waals surface area contributed by atoms with Gasteiger partial charge in [-0.05, 0) is 0 Å². The van der Waals surface area contributed by atoms with Crippen molar-refractivity contribution < 1.29 is 4.74 Å². The molecule has 11 heavy (non-hydrogen) atoms. The molecule has 0 radical (unpaired) electrons. The van der Waals surface area contributed by atoms with Gasteiger partial charge in [0.05, 0.1) is 25.2 Å². The fourth-order valence-electron chi connectivity index (χ4n) is 0.646. The maximum absolute atomic E-state index is 4.81. The minimum atomic E-state index is 0.399. The van der Waals surface area contributed by atoms with E-state index in [1.54, 1.807) is 19.5 Å². The quantitative estimate of drug-likeness (QED) is 0.622. The lowest BCUT2D eigenvalue weighted by molar-refractivity contribution is 0.380. The number of ether oxygens (including phenoxy) is 1. The van der Waals surface area contributed by atoms with E-state index in [0.29, 0.717) is 6.01 Å². The molecular weight excluding hydrogens is 142 g/mol. The number of hydrogen-bond acceptors (Lipinski definition) is 4. The van der Waals surface area contributed by atoms with Crippen molar-refractivity contribution in [1.29, 1.82) is 0 Å². The molecule has 1 rings (SSSR count). The zero-order valence-electron chi connectivity index (χ0n) is 6.90. The van der Waals surface area contributed by atoms with Crippen LogP contribution in [0.15, 0.2) is 12.4 Å². The number of anilines is 1. The summed E-state index contributed by atoms with van der Waals surface area (Å²) < 4.78 is 4.81. The summed E-state index contributed by atoms with van der Waals surface area (Å²) >= 11 is 0. The summed E-state index contributed by atoms with van der Waals surface area (Å²) in [5, 5.41) is 0. The predicted octanol–water partition coefficient (Wildman–Crippen LogP) is 0.551. The molecule has 0 N–H and O–H groups in total. The third-order valence-electron chi connectivity index (χ3n) is 1.31. The van der Waals surface area contributed by atoms with Gasteiger partial charge in [0.25, 0.3) is 0 Å². The maximum Gasteiger partial charge on any atom is 0.316 e. The topological polar surface area (TPSA) is 38.2 Å². The Labute approximate surface area is 65.8 Å². The first-order chi connectivity index (χ1) is 5.24. The van der Waals surface area contributed by atoms with Gasteiger partial charge in [-0.2, -0.15) is 0 Å². The second-order valence-electron chi connectivity index (χ2n) is 2.32. The van der Waals surface area contributed by atoms with Gasteiger partial charge in [0.1, 0.15) is 0 Å². The van der Waals surface area contributed by atoms with E-state index in [4.69, 9.17) is 4.74 Å². The molecule has 0 aromatic carbocycles. The lowest BCUT2D eigenvalue weighted by Gasteiger charge is -2.10. The maximum atomic E-state index is 4.81. The van der Waals surface area contributed by atoms with Crippen molar-refractivity contribution in [2.24, 2.45) is 0 Å². The molecule has 0 saturated heterocycles. The van der Waals surface area contributed by atoms with Crippen LogP contribution in [0, 0.1) is 0 Å². The summed E-state index contributed by atoms with van der Waals surface area (Å²) in [4.78, 5) is 9.82. The average Bonchev–Trinajstić information content (AvgIpc) is 2.05. The molecule has 0 aliphatic heterocycles. The highest BCUT2D eigenvalue weighted by Crippen LogP contribution is 2.08. The van der Waals surface area contributed by atoms with Gasteiger partial charge in [0, 0.05) is 14.1 Å². The van der Waals surface area contributed by atoms with Crippen LogP contribution in [0.2, 0.25) is 0 Å². The number of hydrogen-bond donors (Lipinski definition) is 0. The van der Waals surface area contributed by atoms with Gasteiger partial charge in [0.2, 0.25) is 0 Å². The lowest BCUT2D eigenvalue weighted by Crippen LogP contribution is -2.09. The molecule has 60 valence electrons. The van der Waals surface area contributed by atoms with E-state index >= 15 is 0 Å². The van der Waals surface area contributed by atoms with Gasteiger partial charge in [-0.25, -0.2) is 9.97 Å². The van der Waals surface area contributed by atoms with Gasteiger partial charge < -0.3 is 9.64 Å². The zero-order valence-corrected chi connectivity index (χ0v) is 6.90. The number of rotatable bonds is 2. The van der Waals surface area contributed by atoms with E-state index in [1.807, 2.05) is 19.0 Å². The summed E-state index contributed by atoms with van der Waals surface area (Å²) in [7, 11) is 5.42. The fraction of sp³-hybridized carbons (Fsp3) is 0.429. The van der Waals surface area contributed by atoms with Crippen LogP contribution in [-0.4, -0.2) is 31.2 Å². The SMILES string of the molecule is COc1ncc(N(C)C)cn1. The summed E-state index contributed by atoms with van der Waals surface area (Å²) in [6.07, 6.45) is 3.43. The third-order valence-corrected chi connectivity index (χ3v) is 1.31. The Morgan fingerprint density at radius 1 is 1.27 bits per heavy atom. The molecule has 0 spiro atoms. The van der Waals surface area contributed by atoms with E-state index in [9.17, 15) is 0 Å². The summed E-state index contributed by atoms with van der Waals surface area (Å²) in [6.45, 7) is 0. The van der Waals surface area contributed by atoms with Crippen LogP contribution >= 0.6 is 0 Å². The normalized spacial score (nSPS) is 9.36. The first-order valence-electron chi connectivity index (χ1n) is 3.27. The number of methoxy groups -OCH3 is 1. The molecule has 0 saturated carbocycles. The van der Waals surface area contributed by atoms with Crippen molar-refractivity contribution in [3.63, 3.8) is 0 Å². The molecule has 0 aliphatic carbocycles. The van der Waals surface area contributed by atoms with E-state index in [-0.39, 0.29) is 0 Å². The molecular formula is C7H11N3O. The molecule has 0 amide bonds. The molecule has 4 heteroatoms. The molecule has 1 aromatic rings. The Morgan fingerprint density at radius 3 is 2.18 bits per heavy atom. The van der Waals surface area contributed by atoms with Crippen molar-refractivity contribution in [3.8, 4) is 6.01 Å². The number of nitrogens with zero attached hydrogens (tertiary/aromatic N) is 3. The van der Waals surface area contributed by atoms with E-state index in [2.05, 4.69) is 9.97 Å². The second kappa shape index (κ2) is 3.18. The van der Waals surface area contributed by atoms with Crippen LogP contribution in [0.3, 0.4) is 0 Å². The molecule has 1 aromatic heterocycles. The Bertz CT molecular complexity index is 220. The van der Waals surface area contributed by atoms with Gasteiger partial charge >= 0.3 is 6.01 Å². The van der Waals surface area contributed by atoms with Crippen LogP contribution in [0.5, 0.6) is 6.01 Å². The fourth-order valence-corrected chi connectivity index (χ4v) is 0.646. The smallest absolute Gasteiger partial charge is 0.316 e. The van der Waals surface area contributed by atoms with Crippen LogP contribution in [0.1, 0.15) is 0 Å². The monoisotopic (exact) mass is 153 g/mol. The van der Waals surface area contributed by atoms with E-state index < -0.39 is 0 Å². The van der Waals surface area contributed by atoms with Gasteiger partial charge in [-0.3, -0.25) is 0 Å². The molecule has 0 aliphatic rings. The van der Waals surface area contributed by atoms with E-state index in [1.165, 1.54) is 0 Å². The summed E-state index contributed by atoms with van der Waals surface area (Å²) in [6, 6.07) is 0.399. The van der Waals surface area contributed by atoms with Gasteiger partial charge in [0.15, 0.2) is 0 Å². The lowest BCUT2D eigenvalue weighted by atomic mass is 10.5. The van der Waals surface area contributed by atoms with Gasteiger partial charge in [-0.1, -0.05) is 0 Å². The third kappa shape index (κ3) is 1.80. The van der Waals surface area contributed by atoms with E-state index in [0.717, 1.165) is 5.69 Å². The van der Waals surface area contributed by atoms with Crippen LogP contribution < -0.4 is 9.64 Å². The highest BCUT2D eigenvalue weighted by atomic mass is 16.5. The first-order valence-corrected chi connectivity index (χ1v) is 3.27. The minimum absolute atomic E-state index is 0.399. The standard InChI is InChI=1S/C7H11N3O/c1-10(2)6-4-8-7(11-3)9-5-6/h4-5H,1-3H3. The molecule has 0 unspecified atom stereocenters. The Hall–Kier alpha value is -1.32. The largest absolute Gasteiger partial charge is 0.467 e. The highest BCUT2D eigenvalue weighted by Gasteiger charge is 1.96. The van der Waals surface area contributed by atoms with Gasteiger partial charge in [-0.15, -0.1) is 0 Å². The van der Waals surface area contributed by atoms with Crippen molar-refractivity contribution in [2.45, 2.75) is 0 Å². The van der Waals surface area contributed by atoms with Crippen molar-refractivity contribution in [1.82, 2.24) is 9.97 Å². The first kappa shape index (κ1) is 7.78. The predicted molar refractivity (Wildman–Crippen MR) is 42.9 cm³/mol. The van der Waals surface area contributed by atoms with Crippen molar-refractivity contribution in [2.75, 3.05) is 26.1 Å². The van der Waals surface area contributed by atoms with Crippen LogP contribution in [-0.2, 0) is 0 Å². The summed E-state index contributed by atoms with van der Waals surface area (Å²) in [5.74, 6) is 0. The molecule has 0 atom stereocenters. The van der Waals surface area contributed by atoms with Crippen molar-refractivity contribution in [3.05, 3.63) is 12.4 Å². The molecule has 4 nitrogen and oxygen atoms in total. The molecule has 1 heterocycles. The van der Waals surface area contributed by atoms with Crippen LogP contribution in [0.25, 0.3) is 0 Å². The van der Waals surface area contributed by atoms with Crippen LogP contribution in [0.4, 0.5) is 5.69 Å². The second-order valence-corrected chi connectivity index (χ2v) is 2.32. The molecule has 0 bridgehead atoms. The Morgan fingerprint density at radius 2 is 1.82 bits per heavy atom. The Kier molecular flexibility index (Phi) is 2.25. The molecule has 0 fully saturated rings. The summed E-state index contributed by atoms with van der Waals surface area (Å²) in [5.41, 5.74) is 0.964. The highest BCUT2D eigenvalue weighted by molar-refractivity contribution is 5.39. The average molecular weight is 153 g/mol. The van der Waals surface area contributed by atoms with Crippen molar-refractivity contribution >= 4 is 5.69 Å². The number of aromatic nitrogens is 2. The Balaban J connectivity index is 2.83. The minimum Gasteiger partial charge on any atom is -0.467 e.